The van der Waals surface area contributed by atoms with Crippen LogP contribution in [0.4, 0.5) is 0 Å². The maximum atomic E-state index is 10.9. The summed E-state index contributed by atoms with van der Waals surface area (Å²) in [5.41, 5.74) is 0. The van der Waals surface area contributed by atoms with E-state index in [4.69, 9.17) is 9.84 Å². The Labute approximate surface area is 99.1 Å². The molecule has 2 rings (SSSR count). The summed E-state index contributed by atoms with van der Waals surface area (Å²) in [6, 6.07) is 1.76. The molecule has 3 nitrogen and oxygen atoms in total. The minimum Gasteiger partial charge on any atom is -0.489 e. The fraction of sp³-hybridized carbons (Fsp3) is 0.583. The van der Waals surface area contributed by atoms with E-state index in [2.05, 4.69) is 0 Å². The highest BCUT2D eigenvalue weighted by Gasteiger charge is 2.18. The van der Waals surface area contributed by atoms with Gasteiger partial charge in [0.25, 0.3) is 0 Å². The summed E-state index contributed by atoms with van der Waals surface area (Å²) in [5.74, 6) is -0.344. The van der Waals surface area contributed by atoms with Gasteiger partial charge in [-0.05, 0) is 37.1 Å². The summed E-state index contributed by atoms with van der Waals surface area (Å²) in [4.78, 5) is 11.2. The topological polar surface area (TPSA) is 46.5 Å². The molecule has 0 unspecified atom stereocenters. The molecule has 1 N–H and O–H groups in total. The third kappa shape index (κ3) is 2.76. The SMILES string of the molecule is O=C(O)c1sccc1OC1CCCCCC1. The highest BCUT2D eigenvalue weighted by Crippen LogP contribution is 2.29. The van der Waals surface area contributed by atoms with E-state index in [0.717, 1.165) is 12.8 Å². The summed E-state index contributed by atoms with van der Waals surface area (Å²) in [6.07, 6.45) is 7.23. The molecule has 0 bridgehead atoms. The molecule has 1 aromatic heterocycles. The Balaban J connectivity index is 2.01. The number of carbonyl (C=O) groups is 1. The average molecular weight is 240 g/mol. The molecule has 0 aliphatic heterocycles. The molecule has 0 radical (unpaired) electrons. The lowest BCUT2D eigenvalue weighted by Gasteiger charge is -2.16. The van der Waals surface area contributed by atoms with Crippen molar-refractivity contribution in [1.29, 1.82) is 0 Å². The molecule has 1 aliphatic rings. The minimum atomic E-state index is -0.890. The zero-order valence-corrected chi connectivity index (χ0v) is 9.96. The van der Waals surface area contributed by atoms with Crippen molar-refractivity contribution in [2.24, 2.45) is 0 Å². The van der Waals surface area contributed by atoms with Crippen LogP contribution in [-0.4, -0.2) is 17.2 Å². The van der Waals surface area contributed by atoms with Crippen molar-refractivity contribution in [1.82, 2.24) is 0 Å². The van der Waals surface area contributed by atoms with Crippen LogP contribution in [0.5, 0.6) is 5.75 Å². The van der Waals surface area contributed by atoms with Crippen molar-refractivity contribution in [3.8, 4) is 5.75 Å². The van der Waals surface area contributed by atoms with Gasteiger partial charge in [-0.3, -0.25) is 0 Å². The molecule has 1 heterocycles. The van der Waals surface area contributed by atoms with Crippen molar-refractivity contribution >= 4 is 17.3 Å². The Morgan fingerprint density at radius 2 is 2.00 bits per heavy atom. The molecule has 88 valence electrons. The lowest BCUT2D eigenvalue weighted by atomic mass is 10.1. The Bertz CT molecular complexity index is 351. The first kappa shape index (κ1) is 11.5. The molecule has 0 saturated heterocycles. The van der Waals surface area contributed by atoms with Crippen LogP contribution >= 0.6 is 11.3 Å². The number of aromatic carboxylic acids is 1. The fourth-order valence-corrected chi connectivity index (χ4v) is 2.75. The van der Waals surface area contributed by atoms with Crippen LogP contribution in [0.1, 0.15) is 48.2 Å². The first-order valence-electron chi connectivity index (χ1n) is 5.75. The zero-order chi connectivity index (χ0) is 11.4. The van der Waals surface area contributed by atoms with Gasteiger partial charge in [0.05, 0.1) is 6.10 Å². The van der Waals surface area contributed by atoms with E-state index < -0.39 is 5.97 Å². The predicted molar refractivity (Wildman–Crippen MR) is 63.4 cm³/mol. The lowest BCUT2D eigenvalue weighted by Crippen LogP contribution is -2.16. The third-order valence-corrected chi connectivity index (χ3v) is 3.80. The quantitative estimate of drug-likeness (QED) is 0.822. The van der Waals surface area contributed by atoms with Gasteiger partial charge >= 0.3 is 5.97 Å². The highest BCUT2D eigenvalue weighted by molar-refractivity contribution is 7.12. The monoisotopic (exact) mass is 240 g/mol. The van der Waals surface area contributed by atoms with E-state index in [1.54, 1.807) is 11.4 Å². The number of ether oxygens (including phenoxy) is 1. The molecule has 0 aromatic carbocycles. The Kier molecular flexibility index (Phi) is 3.83. The van der Waals surface area contributed by atoms with E-state index in [9.17, 15) is 4.79 Å². The molecule has 1 fully saturated rings. The van der Waals surface area contributed by atoms with E-state index in [0.29, 0.717) is 10.6 Å². The van der Waals surface area contributed by atoms with Gasteiger partial charge in [-0.15, -0.1) is 11.3 Å². The summed E-state index contributed by atoms with van der Waals surface area (Å²) in [7, 11) is 0. The first-order chi connectivity index (χ1) is 7.77. The van der Waals surface area contributed by atoms with Crippen molar-refractivity contribution in [2.75, 3.05) is 0 Å². The third-order valence-electron chi connectivity index (χ3n) is 2.92. The van der Waals surface area contributed by atoms with Crippen molar-refractivity contribution < 1.29 is 14.6 Å². The fourth-order valence-electron chi connectivity index (χ4n) is 2.09. The lowest BCUT2D eigenvalue weighted by molar-refractivity contribution is 0.0694. The summed E-state index contributed by atoms with van der Waals surface area (Å²) in [6.45, 7) is 0. The average Bonchev–Trinajstić information content (AvgIpc) is 2.55. The Hall–Kier alpha value is -1.03. The van der Waals surface area contributed by atoms with E-state index in [1.165, 1.54) is 37.0 Å². The van der Waals surface area contributed by atoms with Crippen molar-refractivity contribution in [3.63, 3.8) is 0 Å². The number of hydrogen-bond donors (Lipinski definition) is 1. The molecule has 4 heteroatoms. The van der Waals surface area contributed by atoms with Crippen LogP contribution < -0.4 is 4.74 Å². The molecule has 1 saturated carbocycles. The maximum absolute atomic E-state index is 10.9. The number of carboxylic acid groups (broad SMARTS) is 1. The largest absolute Gasteiger partial charge is 0.489 e. The highest BCUT2D eigenvalue weighted by atomic mass is 32.1. The van der Waals surface area contributed by atoms with Gasteiger partial charge in [-0.2, -0.15) is 0 Å². The normalized spacial score (nSPS) is 18.0. The van der Waals surface area contributed by atoms with Gasteiger partial charge < -0.3 is 9.84 Å². The van der Waals surface area contributed by atoms with Crippen LogP contribution in [-0.2, 0) is 0 Å². The van der Waals surface area contributed by atoms with Gasteiger partial charge in [-0.25, -0.2) is 4.79 Å². The maximum Gasteiger partial charge on any atom is 0.349 e. The molecular weight excluding hydrogens is 224 g/mol. The van der Waals surface area contributed by atoms with Gasteiger partial charge in [-0.1, -0.05) is 12.8 Å². The van der Waals surface area contributed by atoms with Gasteiger partial charge in [0, 0.05) is 0 Å². The second-order valence-corrected chi connectivity index (χ2v) is 5.07. The molecule has 0 atom stereocenters. The predicted octanol–water partition coefficient (Wildman–Crippen LogP) is 3.55. The molecule has 0 spiro atoms. The van der Waals surface area contributed by atoms with Crippen LogP contribution in [0.15, 0.2) is 11.4 Å². The molecule has 1 aliphatic carbocycles. The van der Waals surface area contributed by atoms with Crippen LogP contribution in [0, 0.1) is 0 Å². The standard InChI is InChI=1S/C12H16O3S/c13-12(14)11-10(7-8-16-11)15-9-5-3-1-2-4-6-9/h7-9H,1-6H2,(H,13,14). The van der Waals surface area contributed by atoms with E-state index >= 15 is 0 Å². The number of carboxylic acids is 1. The van der Waals surface area contributed by atoms with Crippen molar-refractivity contribution in [2.45, 2.75) is 44.6 Å². The number of rotatable bonds is 3. The molecule has 16 heavy (non-hydrogen) atoms. The van der Waals surface area contributed by atoms with Gasteiger partial charge in [0.15, 0.2) is 4.88 Å². The smallest absolute Gasteiger partial charge is 0.349 e. The van der Waals surface area contributed by atoms with Crippen LogP contribution in [0.3, 0.4) is 0 Å². The van der Waals surface area contributed by atoms with E-state index in [-0.39, 0.29) is 6.10 Å². The Morgan fingerprint density at radius 1 is 1.31 bits per heavy atom. The summed E-state index contributed by atoms with van der Waals surface area (Å²) < 4.78 is 5.80. The van der Waals surface area contributed by atoms with Gasteiger partial charge in [0.2, 0.25) is 0 Å². The Morgan fingerprint density at radius 3 is 2.62 bits per heavy atom. The number of thiophene rings is 1. The number of hydrogen-bond acceptors (Lipinski definition) is 3. The summed E-state index contributed by atoms with van der Waals surface area (Å²) in [5, 5.41) is 10.7. The minimum absolute atomic E-state index is 0.204. The molecule has 1 aromatic rings. The van der Waals surface area contributed by atoms with E-state index in [1.807, 2.05) is 0 Å². The zero-order valence-electron chi connectivity index (χ0n) is 9.15. The van der Waals surface area contributed by atoms with Gasteiger partial charge in [0.1, 0.15) is 5.75 Å². The first-order valence-corrected chi connectivity index (χ1v) is 6.63. The van der Waals surface area contributed by atoms with Crippen LogP contribution in [0.25, 0.3) is 0 Å². The molecule has 0 amide bonds. The van der Waals surface area contributed by atoms with Crippen LogP contribution in [0.2, 0.25) is 0 Å². The summed E-state index contributed by atoms with van der Waals surface area (Å²) >= 11 is 1.23. The second kappa shape index (κ2) is 5.34. The van der Waals surface area contributed by atoms with Crippen molar-refractivity contribution in [3.05, 3.63) is 16.3 Å². The molecular formula is C12H16O3S. The second-order valence-electron chi connectivity index (χ2n) is 4.15.